The van der Waals surface area contributed by atoms with E-state index in [-0.39, 0.29) is 5.91 Å². The van der Waals surface area contributed by atoms with E-state index in [2.05, 4.69) is 15.5 Å². The number of pyridine rings is 1. The highest BCUT2D eigenvalue weighted by molar-refractivity contribution is 5.94. The number of fused-ring (bicyclic) bond motifs is 1. The van der Waals surface area contributed by atoms with Crippen molar-refractivity contribution in [2.75, 3.05) is 26.2 Å². The Hall–Kier alpha value is -1.95. The molecule has 88 valence electrons. The van der Waals surface area contributed by atoms with Crippen LogP contribution < -0.4 is 5.32 Å². The maximum atomic E-state index is 12.2. The molecule has 0 atom stereocenters. The summed E-state index contributed by atoms with van der Waals surface area (Å²) in [7, 11) is 0. The third-order valence-corrected chi connectivity index (χ3v) is 2.94. The third-order valence-electron chi connectivity index (χ3n) is 2.94. The molecule has 1 saturated heterocycles. The molecule has 3 rings (SSSR count). The summed E-state index contributed by atoms with van der Waals surface area (Å²) < 4.78 is 1.76. The van der Waals surface area contributed by atoms with Gasteiger partial charge in [-0.15, -0.1) is 10.2 Å². The topological polar surface area (TPSA) is 62.5 Å². The quantitative estimate of drug-likeness (QED) is 0.736. The molecule has 2 aromatic rings. The Kier molecular flexibility index (Phi) is 2.49. The van der Waals surface area contributed by atoms with Gasteiger partial charge >= 0.3 is 0 Å². The van der Waals surface area contributed by atoms with Crippen molar-refractivity contribution >= 4 is 11.6 Å². The summed E-state index contributed by atoms with van der Waals surface area (Å²) in [6.07, 6.45) is 3.38. The highest BCUT2D eigenvalue weighted by Crippen LogP contribution is 2.08. The van der Waals surface area contributed by atoms with Crippen LogP contribution in [-0.4, -0.2) is 51.6 Å². The molecule has 1 amide bonds. The molecule has 0 spiro atoms. The van der Waals surface area contributed by atoms with E-state index < -0.39 is 0 Å². The lowest BCUT2D eigenvalue weighted by Crippen LogP contribution is -2.46. The van der Waals surface area contributed by atoms with E-state index in [0.29, 0.717) is 5.56 Å². The van der Waals surface area contributed by atoms with Gasteiger partial charge in [-0.2, -0.15) is 0 Å². The lowest BCUT2D eigenvalue weighted by molar-refractivity contribution is 0.0735. The number of nitrogens with one attached hydrogen (secondary N) is 1. The second-order valence-electron chi connectivity index (χ2n) is 4.06. The van der Waals surface area contributed by atoms with Crippen LogP contribution in [0.25, 0.3) is 5.65 Å². The Bertz CT molecular complexity index is 544. The number of piperazine rings is 1. The average Bonchev–Trinajstić information content (AvgIpc) is 2.86. The molecule has 6 nitrogen and oxygen atoms in total. The van der Waals surface area contributed by atoms with Gasteiger partial charge in [0, 0.05) is 32.4 Å². The zero-order chi connectivity index (χ0) is 11.7. The van der Waals surface area contributed by atoms with Gasteiger partial charge in [-0.25, -0.2) is 0 Å². The second kappa shape index (κ2) is 4.14. The van der Waals surface area contributed by atoms with E-state index in [4.69, 9.17) is 0 Å². The van der Waals surface area contributed by atoms with Crippen LogP contribution in [0.3, 0.4) is 0 Å². The van der Waals surface area contributed by atoms with Crippen LogP contribution in [0.4, 0.5) is 0 Å². The number of carbonyl (C=O) groups is 1. The zero-order valence-corrected chi connectivity index (χ0v) is 9.33. The number of amides is 1. The molecule has 1 aliphatic rings. The molecule has 0 bridgehead atoms. The Morgan fingerprint density at radius 1 is 1.29 bits per heavy atom. The molecule has 0 unspecified atom stereocenters. The van der Waals surface area contributed by atoms with Gasteiger partial charge in [-0.05, 0) is 12.1 Å². The first-order valence-electron chi connectivity index (χ1n) is 5.64. The van der Waals surface area contributed by atoms with Crippen molar-refractivity contribution in [3.8, 4) is 0 Å². The smallest absolute Gasteiger partial charge is 0.255 e. The van der Waals surface area contributed by atoms with E-state index in [0.717, 1.165) is 31.8 Å². The summed E-state index contributed by atoms with van der Waals surface area (Å²) in [5, 5.41) is 10.9. The molecule has 0 aromatic carbocycles. The Morgan fingerprint density at radius 2 is 2.12 bits per heavy atom. The summed E-state index contributed by atoms with van der Waals surface area (Å²) in [5.41, 5.74) is 1.43. The van der Waals surface area contributed by atoms with Crippen LogP contribution in [0.1, 0.15) is 10.4 Å². The maximum Gasteiger partial charge on any atom is 0.255 e. The predicted molar refractivity (Wildman–Crippen MR) is 61.8 cm³/mol. The molecule has 2 aromatic heterocycles. The number of rotatable bonds is 1. The van der Waals surface area contributed by atoms with E-state index in [1.807, 2.05) is 11.0 Å². The van der Waals surface area contributed by atoms with Crippen molar-refractivity contribution in [2.24, 2.45) is 0 Å². The van der Waals surface area contributed by atoms with E-state index in [1.165, 1.54) is 0 Å². The van der Waals surface area contributed by atoms with Gasteiger partial charge in [0.1, 0.15) is 6.33 Å². The lowest BCUT2D eigenvalue weighted by atomic mass is 10.2. The van der Waals surface area contributed by atoms with Crippen LogP contribution in [0, 0.1) is 0 Å². The molecule has 0 saturated carbocycles. The largest absolute Gasteiger partial charge is 0.336 e. The minimum absolute atomic E-state index is 0.0714. The van der Waals surface area contributed by atoms with Gasteiger partial charge in [0.05, 0.1) is 5.56 Å². The first kappa shape index (κ1) is 10.2. The van der Waals surface area contributed by atoms with Crippen LogP contribution >= 0.6 is 0 Å². The van der Waals surface area contributed by atoms with E-state index in [9.17, 15) is 4.79 Å². The number of aromatic nitrogens is 3. The summed E-state index contributed by atoms with van der Waals surface area (Å²) in [5.74, 6) is 0.0714. The minimum atomic E-state index is 0.0714. The Balaban J connectivity index is 1.88. The molecule has 1 fully saturated rings. The van der Waals surface area contributed by atoms with Gasteiger partial charge in [0.2, 0.25) is 0 Å². The van der Waals surface area contributed by atoms with E-state index in [1.54, 1.807) is 23.0 Å². The summed E-state index contributed by atoms with van der Waals surface area (Å²) in [4.78, 5) is 14.1. The van der Waals surface area contributed by atoms with Gasteiger partial charge in [-0.1, -0.05) is 0 Å². The molecule has 3 heterocycles. The number of hydrogen-bond donors (Lipinski definition) is 1. The fourth-order valence-corrected chi connectivity index (χ4v) is 2.00. The molecule has 17 heavy (non-hydrogen) atoms. The van der Waals surface area contributed by atoms with Crippen LogP contribution in [-0.2, 0) is 0 Å². The summed E-state index contributed by atoms with van der Waals surface area (Å²) in [6, 6.07) is 3.61. The van der Waals surface area contributed by atoms with Crippen LogP contribution in [0.2, 0.25) is 0 Å². The van der Waals surface area contributed by atoms with Crippen molar-refractivity contribution in [1.82, 2.24) is 24.8 Å². The summed E-state index contributed by atoms with van der Waals surface area (Å²) >= 11 is 0. The van der Waals surface area contributed by atoms with Crippen LogP contribution in [0.5, 0.6) is 0 Å². The van der Waals surface area contributed by atoms with Gasteiger partial charge in [0.25, 0.3) is 5.91 Å². The molecule has 0 radical (unpaired) electrons. The maximum absolute atomic E-state index is 12.2. The van der Waals surface area contributed by atoms with Gasteiger partial charge in [-0.3, -0.25) is 9.20 Å². The first-order valence-corrected chi connectivity index (χ1v) is 5.64. The van der Waals surface area contributed by atoms with Crippen LogP contribution in [0.15, 0.2) is 24.7 Å². The zero-order valence-electron chi connectivity index (χ0n) is 9.33. The molecule has 0 aliphatic carbocycles. The van der Waals surface area contributed by atoms with Gasteiger partial charge in [0.15, 0.2) is 5.65 Å². The molecule has 1 aliphatic heterocycles. The highest BCUT2D eigenvalue weighted by Gasteiger charge is 2.18. The molecule has 1 N–H and O–H groups in total. The molecular weight excluding hydrogens is 218 g/mol. The fraction of sp³-hybridized carbons (Fsp3) is 0.364. The number of nitrogens with zero attached hydrogens (tertiary/aromatic N) is 4. The van der Waals surface area contributed by atoms with Crippen molar-refractivity contribution < 1.29 is 4.79 Å². The summed E-state index contributed by atoms with van der Waals surface area (Å²) in [6.45, 7) is 3.25. The lowest BCUT2D eigenvalue weighted by Gasteiger charge is -2.27. The van der Waals surface area contributed by atoms with Crippen molar-refractivity contribution in [3.63, 3.8) is 0 Å². The standard InChI is InChI=1S/C11H13N5O/c17-11(15-5-3-12-4-6-15)9-1-2-10-14-13-8-16(10)7-9/h1-2,7-8,12H,3-6H2. The first-order chi connectivity index (χ1) is 8.34. The fourth-order valence-electron chi connectivity index (χ4n) is 2.00. The Morgan fingerprint density at radius 3 is 2.94 bits per heavy atom. The highest BCUT2D eigenvalue weighted by atomic mass is 16.2. The van der Waals surface area contributed by atoms with Crippen molar-refractivity contribution in [1.29, 1.82) is 0 Å². The van der Waals surface area contributed by atoms with Crippen molar-refractivity contribution in [3.05, 3.63) is 30.2 Å². The normalized spacial score (nSPS) is 16.4. The third kappa shape index (κ3) is 1.87. The minimum Gasteiger partial charge on any atom is -0.336 e. The average molecular weight is 231 g/mol. The SMILES string of the molecule is O=C(c1ccc2nncn2c1)N1CCNCC1. The number of hydrogen-bond acceptors (Lipinski definition) is 4. The van der Waals surface area contributed by atoms with Crippen molar-refractivity contribution in [2.45, 2.75) is 0 Å². The monoisotopic (exact) mass is 231 g/mol. The predicted octanol–water partition coefficient (Wildman–Crippen LogP) is -0.225. The number of carbonyl (C=O) groups excluding carboxylic acids is 1. The van der Waals surface area contributed by atoms with E-state index >= 15 is 0 Å². The van der Waals surface area contributed by atoms with Gasteiger partial charge < -0.3 is 10.2 Å². The molecular formula is C11H13N5O. The second-order valence-corrected chi connectivity index (χ2v) is 4.06. The Labute approximate surface area is 98.2 Å². The molecule has 6 heteroatoms.